The van der Waals surface area contributed by atoms with Gasteiger partial charge in [-0.2, -0.15) is 0 Å². The van der Waals surface area contributed by atoms with Crippen molar-refractivity contribution in [3.8, 4) is 0 Å². The number of esters is 2. The fourth-order valence-electron chi connectivity index (χ4n) is 2.20. The summed E-state index contributed by atoms with van der Waals surface area (Å²) in [5, 5.41) is 8.37. The second kappa shape index (κ2) is 21.3. The van der Waals surface area contributed by atoms with Gasteiger partial charge >= 0.3 is 29.3 Å². The number of hydrogen-bond acceptors (Lipinski definition) is 5. The van der Waals surface area contributed by atoms with E-state index in [0.717, 1.165) is 0 Å². The van der Waals surface area contributed by atoms with E-state index in [4.69, 9.17) is 35.3 Å². The molecule has 1 heterocycles. The fourth-order valence-corrected chi connectivity index (χ4v) is 2.20. The van der Waals surface area contributed by atoms with Gasteiger partial charge in [0.15, 0.2) is 5.78 Å². The number of carboxylic acids is 1. The van der Waals surface area contributed by atoms with Gasteiger partial charge < -0.3 is 9.84 Å². The van der Waals surface area contributed by atoms with E-state index in [-0.39, 0.29) is 43.8 Å². The highest BCUT2D eigenvalue weighted by molar-refractivity contribution is 7.54. The number of ketones is 1. The van der Waals surface area contributed by atoms with Crippen molar-refractivity contribution in [3.63, 3.8) is 0 Å². The molecule has 0 aromatic heterocycles. The zero-order valence-electron chi connectivity index (χ0n) is 17.9. The van der Waals surface area contributed by atoms with Crippen LogP contribution in [0, 0.1) is 11.6 Å². The van der Waals surface area contributed by atoms with Gasteiger partial charge in [-0.05, 0) is 49.2 Å². The molecule has 1 fully saturated rings. The first-order valence-corrected chi connectivity index (χ1v) is 15.1. The third kappa shape index (κ3) is 22.2. The summed E-state index contributed by atoms with van der Waals surface area (Å²) in [6.45, 7) is 0. The summed E-state index contributed by atoms with van der Waals surface area (Å²) < 4.78 is 28.6. The first-order chi connectivity index (χ1) is 16.0. The number of carbonyl (C=O) groups excluding carboxylic acids is 3. The Kier molecular flexibility index (Phi) is 21.4. The van der Waals surface area contributed by atoms with Gasteiger partial charge in [0.2, 0.25) is 0 Å². The van der Waals surface area contributed by atoms with Crippen LogP contribution in [0.15, 0.2) is 54.6 Å². The van der Waals surface area contributed by atoms with Crippen LogP contribution in [0.2, 0.25) is 0 Å². The Labute approximate surface area is 220 Å². The second-order valence-corrected chi connectivity index (χ2v) is 12.9. The van der Waals surface area contributed by atoms with Crippen LogP contribution < -0.4 is 0 Å². The number of halogens is 5. The molecule has 12 heteroatoms. The average Bonchev–Trinajstić information content (AvgIpc) is 2.75. The molecule has 2 aromatic rings. The maximum absolute atomic E-state index is 12.5. The fraction of sp³-hybridized carbons (Fsp3) is 0.304. The van der Waals surface area contributed by atoms with E-state index in [1.807, 2.05) is 0 Å². The van der Waals surface area contributed by atoms with Crippen molar-refractivity contribution in [1.82, 2.24) is 0 Å². The van der Waals surface area contributed by atoms with Gasteiger partial charge in [0, 0.05) is 31.2 Å². The van der Waals surface area contributed by atoms with E-state index < -0.39 is 23.2 Å². The maximum Gasteiger partial charge on any atom is 0.643 e. The number of carbonyl (C=O) groups is 4. The van der Waals surface area contributed by atoms with Crippen LogP contribution in [-0.2, 0) is 19.1 Å². The zero-order valence-corrected chi connectivity index (χ0v) is 21.3. The van der Waals surface area contributed by atoms with Gasteiger partial charge in [-0.25, -0.2) is 38.9 Å². The average molecular weight is 570 g/mol. The first-order valence-electron chi connectivity index (χ1n) is 9.88. The van der Waals surface area contributed by atoms with E-state index >= 15 is 0 Å². The molecule has 1 N–H and O–H groups in total. The lowest BCUT2D eigenvalue weighted by atomic mass is 10.1. The van der Waals surface area contributed by atoms with Crippen molar-refractivity contribution in [2.75, 3.05) is 0 Å². The maximum atomic E-state index is 12.5. The monoisotopic (exact) mass is 568 g/mol. The van der Waals surface area contributed by atoms with Gasteiger partial charge in [-0.3, -0.25) is 19.2 Å². The van der Waals surface area contributed by atoms with Crippen LogP contribution in [0.3, 0.4) is 0 Å². The molecule has 35 heavy (non-hydrogen) atoms. The number of Topliss-reactive ketones (excluding diaryl/α,β-unsaturated/α-hetero) is 1. The summed E-state index contributed by atoms with van der Waals surface area (Å²) in [6, 6.07) is 13.2. The second-order valence-electron chi connectivity index (χ2n) is 6.42. The van der Waals surface area contributed by atoms with Crippen molar-refractivity contribution in [1.29, 1.82) is 0 Å². The van der Waals surface area contributed by atoms with Gasteiger partial charge in [-0.1, -0.05) is 25.6 Å². The number of rotatable bonds is 5. The highest BCUT2D eigenvalue weighted by atomic mass is 35.8. The van der Waals surface area contributed by atoms with Gasteiger partial charge in [-0.15, -0.1) is 0 Å². The lowest BCUT2D eigenvalue weighted by Gasteiger charge is -2.06. The summed E-state index contributed by atoms with van der Waals surface area (Å²) in [5.74, 6) is -2.42. The predicted molar refractivity (Wildman–Crippen MR) is 134 cm³/mol. The summed E-state index contributed by atoms with van der Waals surface area (Å²) in [7, 11) is 14.8. The van der Waals surface area contributed by atoms with Gasteiger partial charge in [0.25, 0.3) is 0 Å². The van der Waals surface area contributed by atoms with E-state index in [9.17, 15) is 28.0 Å². The number of carboxylic acid groups (broad SMARTS) is 1. The summed E-state index contributed by atoms with van der Waals surface area (Å²) in [6.07, 6.45) is 1.91. The van der Waals surface area contributed by atoms with Crippen molar-refractivity contribution in [2.24, 2.45) is 0 Å². The molecule has 0 aliphatic carbocycles. The van der Waals surface area contributed by atoms with Crippen molar-refractivity contribution in [2.45, 2.75) is 46.0 Å². The van der Waals surface area contributed by atoms with Crippen molar-refractivity contribution in [3.05, 3.63) is 71.8 Å². The minimum Gasteiger partial charge on any atom is -0.481 e. The van der Waals surface area contributed by atoms with E-state index in [1.54, 1.807) is 18.2 Å². The predicted octanol–water partition coefficient (Wildman–Crippen LogP) is 6.65. The highest BCUT2D eigenvalue weighted by Crippen LogP contribution is 2.08. The molecule has 0 amide bonds. The first kappa shape index (κ1) is 35.1. The van der Waals surface area contributed by atoms with Gasteiger partial charge in [0.1, 0.15) is 11.6 Å². The van der Waals surface area contributed by atoms with E-state index in [2.05, 4.69) is 4.74 Å². The number of ether oxygens (including phenoxy) is 1. The van der Waals surface area contributed by atoms with Crippen LogP contribution in [0.4, 0.5) is 8.78 Å². The van der Waals surface area contributed by atoms with Gasteiger partial charge in [0.05, 0.1) is 0 Å². The molecule has 3 rings (SSSR count). The normalized spacial score (nSPS) is 11.5. The number of hydrogen-bond donors (Lipinski definition) is 1. The third-order valence-electron chi connectivity index (χ3n) is 3.68. The molecule has 1 saturated heterocycles. The lowest BCUT2D eigenvalue weighted by molar-refractivity contribution is -0.163. The molecule has 0 atom stereocenters. The Bertz CT molecular complexity index is 883. The Morgan fingerprint density at radius 2 is 1.31 bits per heavy atom. The summed E-state index contributed by atoms with van der Waals surface area (Å²) in [5.41, 5.74) is 0.418. The molecular weight excluding hydrogens is 544 g/mol. The largest absolute Gasteiger partial charge is 0.643 e. The molecule has 0 bridgehead atoms. The SMILES string of the molecule is C.Fc1ccccc1.O=C(O)CCCC(=O)c1ccc(F)cc1.O=C1CCCC(=O)O1.[Cl][Al]([Cl])[Cl]. The Morgan fingerprint density at radius 3 is 1.66 bits per heavy atom. The Hall–Kier alpha value is -2.02. The van der Waals surface area contributed by atoms with Crippen LogP contribution in [0.25, 0.3) is 0 Å². The molecule has 0 radical (unpaired) electrons. The van der Waals surface area contributed by atoms with Crippen LogP contribution >= 0.6 is 30.1 Å². The summed E-state index contributed by atoms with van der Waals surface area (Å²) >= 11 is -1.72. The van der Waals surface area contributed by atoms with Crippen molar-refractivity contribution < 1.29 is 37.8 Å². The number of cyclic esters (lactones) is 2. The lowest BCUT2D eigenvalue weighted by Crippen LogP contribution is -2.17. The van der Waals surface area contributed by atoms with E-state index in [0.29, 0.717) is 31.2 Å². The Morgan fingerprint density at radius 1 is 0.857 bits per heavy atom. The smallest absolute Gasteiger partial charge is 0.481 e. The third-order valence-corrected chi connectivity index (χ3v) is 3.68. The molecule has 2 aromatic carbocycles. The summed E-state index contributed by atoms with van der Waals surface area (Å²) in [4.78, 5) is 42.1. The topological polar surface area (TPSA) is 97.7 Å². The molecule has 0 saturated carbocycles. The molecule has 1 aliphatic heterocycles. The van der Waals surface area contributed by atoms with Crippen molar-refractivity contribution >= 4 is 65.2 Å². The van der Waals surface area contributed by atoms with Crippen LogP contribution in [-0.4, -0.2) is 40.2 Å². The highest BCUT2D eigenvalue weighted by Gasteiger charge is 2.16. The molecule has 0 unspecified atom stereocenters. The zero-order chi connectivity index (χ0) is 25.9. The molecule has 0 spiro atoms. The molecule has 192 valence electrons. The van der Waals surface area contributed by atoms with Crippen LogP contribution in [0.5, 0.6) is 0 Å². The van der Waals surface area contributed by atoms with E-state index in [1.165, 1.54) is 36.4 Å². The quantitative estimate of drug-likeness (QED) is 0.187. The molecule has 6 nitrogen and oxygen atoms in total. The molecule has 1 aliphatic rings. The van der Waals surface area contributed by atoms with Crippen LogP contribution in [0.1, 0.15) is 56.3 Å². The number of aliphatic carboxylic acids is 1. The molecular formula is C23H26AlCl3F2O6. The minimum atomic E-state index is -1.72. The Balaban J connectivity index is 0. The minimum absolute atomic E-state index is 0. The number of benzene rings is 2. The standard InChI is InChI=1S/C11H11FO3.C6H5F.C5H6O3.CH4.Al.3ClH/c12-9-6-4-8(5-7-9)10(13)2-1-3-11(14)15;7-6-4-2-1-3-5-6;6-4-2-1-3-5(7)8-4;;;;;/h4-7H,1-3H2,(H,14,15);1-5H;1-3H2;1H4;;3*1H/q;;;;+3;;;/p-3.